The molecule has 4 heteroatoms. The van der Waals surface area contributed by atoms with E-state index in [4.69, 9.17) is 10.00 Å². The number of hydrogen-bond acceptors (Lipinski definition) is 3. The highest BCUT2D eigenvalue weighted by Crippen LogP contribution is 2.33. The maximum atomic E-state index is 13.0. The Balaban J connectivity index is 2.80. The highest BCUT2D eigenvalue weighted by Gasteiger charge is 2.08. The zero-order chi connectivity index (χ0) is 10.1. The Morgan fingerprint density at radius 2 is 2.21 bits per heavy atom. The molecule has 0 aliphatic rings. The van der Waals surface area contributed by atoms with Crippen LogP contribution in [0.15, 0.2) is 18.2 Å². The van der Waals surface area contributed by atoms with E-state index in [-0.39, 0.29) is 5.13 Å². The molecule has 2 rings (SSSR count). The summed E-state index contributed by atoms with van der Waals surface area (Å²) in [6.07, 6.45) is 0. The topological polar surface area (TPSA) is 33.0 Å². The summed E-state index contributed by atoms with van der Waals surface area (Å²) in [7, 11) is 1.51. The Bertz CT molecular complexity index is 527. The number of thiophene rings is 1. The lowest BCUT2D eigenvalue weighted by Gasteiger charge is -2.01. The van der Waals surface area contributed by atoms with Crippen LogP contribution in [0.1, 0.15) is 5.56 Å². The van der Waals surface area contributed by atoms with Gasteiger partial charge in [0.25, 0.3) is 0 Å². The minimum Gasteiger partial charge on any atom is -0.496 e. The minimum absolute atomic E-state index is 0.270. The summed E-state index contributed by atoms with van der Waals surface area (Å²) in [5, 5.41) is 9.18. The molecule has 0 saturated carbocycles. The lowest BCUT2D eigenvalue weighted by atomic mass is 10.2. The van der Waals surface area contributed by atoms with Crippen LogP contribution in [0.4, 0.5) is 4.39 Å². The van der Waals surface area contributed by atoms with E-state index in [2.05, 4.69) is 0 Å². The third-order valence-corrected chi connectivity index (χ3v) is 2.79. The molecule has 0 aliphatic carbocycles. The van der Waals surface area contributed by atoms with Crippen molar-refractivity contribution in [1.82, 2.24) is 0 Å². The molecule has 0 amide bonds. The fourth-order valence-corrected chi connectivity index (χ4v) is 2.15. The van der Waals surface area contributed by atoms with Crippen molar-refractivity contribution in [2.45, 2.75) is 0 Å². The van der Waals surface area contributed by atoms with Gasteiger partial charge in [0.05, 0.1) is 18.7 Å². The zero-order valence-corrected chi connectivity index (χ0v) is 8.19. The van der Waals surface area contributed by atoms with Crippen LogP contribution < -0.4 is 4.74 Å². The standard InChI is InChI=1S/C10H6FNOS/c1-13-8-2-6(5-12)3-9-7(8)4-10(11)14-9/h2-4H,1H3. The molecule has 0 spiro atoms. The Morgan fingerprint density at radius 1 is 1.43 bits per heavy atom. The molecule has 0 N–H and O–H groups in total. The van der Waals surface area contributed by atoms with Crippen molar-refractivity contribution >= 4 is 21.4 Å². The summed E-state index contributed by atoms with van der Waals surface area (Å²) in [4.78, 5) is 0. The number of nitrogens with zero attached hydrogens (tertiary/aromatic N) is 1. The smallest absolute Gasteiger partial charge is 0.177 e. The van der Waals surface area contributed by atoms with E-state index in [1.165, 1.54) is 13.2 Å². The van der Waals surface area contributed by atoms with E-state index in [1.807, 2.05) is 6.07 Å². The average molecular weight is 207 g/mol. The van der Waals surface area contributed by atoms with Crippen LogP contribution >= 0.6 is 11.3 Å². The molecular formula is C10H6FNOS. The van der Waals surface area contributed by atoms with Gasteiger partial charge in [-0.05, 0) is 18.2 Å². The lowest BCUT2D eigenvalue weighted by Crippen LogP contribution is -1.84. The Hall–Kier alpha value is -1.60. The third kappa shape index (κ3) is 1.32. The Labute approximate surface area is 84.2 Å². The first-order valence-corrected chi connectivity index (χ1v) is 4.73. The van der Waals surface area contributed by atoms with Gasteiger partial charge < -0.3 is 4.74 Å². The van der Waals surface area contributed by atoms with Gasteiger partial charge in [-0.15, -0.1) is 11.3 Å². The fraction of sp³-hybridized carbons (Fsp3) is 0.100. The minimum atomic E-state index is -0.270. The summed E-state index contributed by atoms with van der Waals surface area (Å²) < 4.78 is 18.8. The molecule has 0 atom stereocenters. The maximum Gasteiger partial charge on any atom is 0.177 e. The van der Waals surface area contributed by atoms with Gasteiger partial charge in [0.15, 0.2) is 5.13 Å². The van der Waals surface area contributed by atoms with E-state index < -0.39 is 0 Å². The summed E-state index contributed by atoms with van der Waals surface area (Å²) in [5.74, 6) is 0.541. The number of ether oxygens (including phenoxy) is 1. The Kier molecular flexibility index (Phi) is 2.10. The summed E-state index contributed by atoms with van der Waals surface area (Å²) >= 11 is 1.01. The highest BCUT2D eigenvalue weighted by molar-refractivity contribution is 7.17. The second kappa shape index (κ2) is 3.28. The van der Waals surface area contributed by atoms with Gasteiger partial charge >= 0.3 is 0 Å². The van der Waals surface area contributed by atoms with Gasteiger partial charge in [-0.2, -0.15) is 9.65 Å². The van der Waals surface area contributed by atoms with Crippen LogP contribution in [-0.2, 0) is 0 Å². The molecule has 1 heterocycles. The number of rotatable bonds is 1. The van der Waals surface area contributed by atoms with Crippen molar-refractivity contribution < 1.29 is 9.13 Å². The number of hydrogen-bond donors (Lipinski definition) is 0. The van der Waals surface area contributed by atoms with Crippen LogP contribution in [0, 0.1) is 16.5 Å². The number of nitriles is 1. The summed E-state index contributed by atoms with van der Waals surface area (Å²) in [6, 6.07) is 6.69. The number of benzene rings is 1. The van der Waals surface area contributed by atoms with Gasteiger partial charge in [0, 0.05) is 10.1 Å². The first-order valence-electron chi connectivity index (χ1n) is 3.92. The predicted molar refractivity (Wildman–Crippen MR) is 53.1 cm³/mol. The number of fused-ring (bicyclic) bond motifs is 1. The van der Waals surface area contributed by atoms with Crippen molar-refractivity contribution in [3.63, 3.8) is 0 Å². The van der Waals surface area contributed by atoms with Crippen molar-refractivity contribution in [1.29, 1.82) is 5.26 Å². The largest absolute Gasteiger partial charge is 0.496 e. The van der Waals surface area contributed by atoms with E-state index in [0.717, 1.165) is 16.0 Å². The van der Waals surface area contributed by atoms with Crippen LogP contribution in [0.2, 0.25) is 0 Å². The molecule has 2 aromatic rings. The number of halogens is 1. The average Bonchev–Trinajstić information content (AvgIpc) is 2.56. The molecule has 2 nitrogen and oxygen atoms in total. The SMILES string of the molecule is COc1cc(C#N)cc2sc(F)cc12. The first-order chi connectivity index (χ1) is 6.74. The maximum absolute atomic E-state index is 13.0. The van der Waals surface area contributed by atoms with Crippen LogP contribution in [0.25, 0.3) is 10.1 Å². The quantitative estimate of drug-likeness (QED) is 0.720. The molecule has 1 aromatic carbocycles. The van der Waals surface area contributed by atoms with Crippen LogP contribution in [-0.4, -0.2) is 7.11 Å². The molecule has 0 saturated heterocycles. The van der Waals surface area contributed by atoms with Crippen molar-refractivity contribution in [3.8, 4) is 11.8 Å². The third-order valence-electron chi connectivity index (χ3n) is 1.92. The zero-order valence-electron chi connectivity index (χ0n) is 7.37. The molecule has 0 bridgehead atoms. The molecule has 0 aliphatic heterocycles. The molecule has 0 radical (unpaired) electrons. The first kappa shape index (κ1) is 8.97. The van der Waals surface area contributed by atoms with Gasteiger partial charge in [0.1, 0.15) is 5.75 Å². The molecule has 1 aromatic heterocycles. The predicted octanol–water partition coefficient (Wildman–Crippen LogP) is 2.92. The summed E-state index contributed by atoms with van der Waals surface area (Å²) in [6.45, 7) is 0. The normalized spacial score (nSPS) is 10.1. The number of methoxy groups -OCH3 is 1. The second-order valence-corrected chi connectivity index (χ2v) is 3.79. The fourth-order valence-electron chi connectivity index (χ4n) is 1.31. The molecule has 0 fully saturated rings. The van der Waals surface area contributed by atoms with E-state index in [9.17, 15) is 4.39 Å². The molecule has 0 unspecified atom stereocenters. The van der Waals surface area contributed by atoms with Crippen LogP contribution in [0.5, 0.6) is 5.75 Å². The lowest BCUT2D eigenvalue weighted by molar-refractivity contribution is 0.419. The van der Waals surface area contributed by atoms with Crippen molar-refractivity contribution in [2.75, 3.05) is 7.11 Å². The van der Waals surface area contributed by atoms with Gasteiger partial charge in [-0.3, -0.25) is 0 Å². The molecular weight excluding hydrogens is 201 g/mol. The van der Waals surface area contributed by atoms with Gasteiger partial charge in [0.2, 0.25) is 0 Å². The molecule has 70 valence electrons. The van der Waals surface area contributed by atoms with Gasteiger partial charge in [-0.25, -0.2) is 0 Å². The van der Waals surface area contributed by atoms with Crippen molar-refractivity contribution in [3.05, 3.63) is 28.9 Å². The van der Waals surface area contributed by atoms with E-state index in [1.54, 1.807) is 12.1 Å². The van der Waals surface area contributed by atoms with E-state index >= 15 is 0 Å². The van der Waals surface area contributed by atoms with Crippen molar-refractivity contribution in [2.24, 2.45) is 0 Å². The monoisotopic (exact) mass is 207 g/mol. The van der Waals surface area contributed by atoms with Crippen LogP contribution in [0.3, 0.4) is 0 Å². The second-order valence-electron chi connectivity index (χ2n) is 2.75. The highest BCUT2D eigenvalue weighted by atomic mass is 32.1. The molecule has 14 heavy (non-hydrogen) atoms. The van der Waals surface area contributed by atoms with Gasteiger partial charge in [-0.1, -0.05) is 0 Å². The summed E-state index contributed by atoms with van der Waals surface area (Å²) in [5.41, 5.74) is 0.483. The van der Waals surface area contributed by atoms with E-state index in [0.29, 0.717) is 16.7 Å². The Morgan fingerprint density at radius 3 is 2.86 bits per heavy atom.